The second kappa shape index (κ2) is 7.99. The summed E-state index contributed by atoms with van der Waals surface area (Å²) in [6, 6.07) is 5.92. The highest BCUT2D eigenvalue weighted by atomic mass is 32.1. The van der Waals surface area contributed by atoms with E-state index in [2.05, 4.69) is 17.2 Å². The largest absolute Gasteiger partial charge is 0.351 e. The van der Waals surface area contributed by atoms with Gasteiger partial charge in [-0.25, -0.2) is 4.98 Å². The fourth-order valence-electron chi connectivity index (χ4n) is 3.19. The highest BCUT2D eigenvalue weighted by molar-refractivity contribution is 7.09. The van der Waals surface area contributed by atoms with Crippen molar-refractivity contribution in [2.24, 2.45) is 0 Å². The van der Waals surface area contributed by atoms with Gasteiger partial charge in [-0.2, -0.15) is 0 Å². The second-order valence-corrected chi connectivity index (χ2v) is 7.84. The average molecular weight is 372 g/mol. The van der Waals surface area contributed by atoms with Crippen LogP contribution in [-0.4, -0.2) is 34.8 Å². The number of benzene rings is 1. The third-order valence-electron chi connectivity index (χ3n) is 4.97. The van der Waals surface area contributed by atoms with Crippen LogP contribution in [0.3, 0.4) is 0 Å². The van der Waals surface area contributed by atoms with Crippen molar-refractivity contribution in [1.29, 1.82) is 0 Å². The maximum Gasteiger partial charge on any atom is 0.253 e. The first kappa shape index (κ1) is 18.6. The van der Waals surface area contributed by atoms with Crippen LogP contribution in [0.25, 0.3) is 0 Å². The van der Waals surface area contributed by atoms with E-state index < -0.39 is 0 Å². The summed E-state index contributed by atoms with van der Waals surface area (Å²) in [5.74, 6) is 0.477. The van der Waals surface area contributed by atoms with E-state index in [1.54, 1.807) is 11.3 Å². The van der Waals surface area contributed by atoms with Crippen LogP contribution in [0.1, 0.15) is 57.9 Å². The van der Waals surface area contributed by atoms with Gasteiger partial charge >= 0.3 is 0 Å². The summed E-state index contributed by atoms with van der Waals surface area (Å²) in [6.45, 7) is 7.61. The van der Waals surface area contributed by atoms with E-state index in [0.29, 0.717) is 12.5 Å². The number of carbonyl (C=O) groups excluding carboxylic acids is 2. The fraction of sp³-hybridized carbons (Fsp3) is 0.450. The maximum absolute atomic E-state index is 12.7. The van der Waals surface area contributed by atoms with Crippen molar-refractivity contribution >= 4 is 23.2 Å². The van der Waals surface area contributed by atoms with Gasteiger partial charge in [-0.3, -0.25) is 9.59 Å². The van der Waals surface area contributed by atoms with Gasteiger partial charge in [0.25, 0.3) is 5.91 Å². The molecule has 0 radical (unpaired) electrons. The lowest BCUT2D eigenvalue weighted by molar-refractivity contribution is -0.119. The van der Waals surface area contributed by atoms with Crippen molar-refractivity contribution in [1.82, 2.24) is 15.2 Å². The molecule has 1 aliphatic heterocycles. The third-order valence-corrected chi connectivity index (χ3v) is 6.03. The van der Waals surface area contributed by atoms with E-state index >= 15 is 0 Å². The molecule has 0 saturated carbocycles. The van der Waals surface area contributed by atoms with Gasteiger partial charge in [-0.05, 0) is 49.9 Å². The number of aromatic nitrogens is 1. The van der Waals surface area contributed by atoms with Gasteiger partial charge in [-0.1, -0.05) is 6.07 Å². The molecule has 1 N–H and O–H groups in total. The van der Waals surface area contributed by atoms with Crippen LogP contribution in [0.2, 0.25) is 0 Å². The average Bonchev–Trinajstić information content (AvgIpc) is 3.11. The molecular weight excluding hydrogens is 346 g/mol. The van der Waals surface area contributed by atoms with Crippen molar-refractivity contribution in [2.45, 2.75) is 46.1 Å². The van der Waals surface area contributed by atoms with Crippen molar-refractivity contribution in [3.05, 3.63) is 51.0 Å². The molecule has 0 spiro atoms. The lowest BCUT2D eigenvalue weighted by atomic mass is 9.96. The number of nitrogens with zero attached hydrogens (tertiary/aromatic N) is 2. The Bertz CT molecular complexity index is 807. The van der Waals surface area contributed by atoms with E-state index in [1.165, 1.54) is 12.5 Å². The second-order valence-electron chi connectivity index (χ2n) is 6.95. The number of thiazole rings is 1. The molecule has 26 heavy (non-hydrogen) atoms. The number of carbonyl (C=O) groups is 2. The third kappa shape index (κ3) is 4.30. The standard InChI is InChI=1S/C20H25N3O2S/c1-13-4-5-17(10-14(13)2)20(25)23-8-6-16(7-9-23)19-22-18(12-26-19)11-21-15(3)24/h4-5,10,12,16H,6-9,11H2,1-3H3,(H,21,24). The van der Waals surface area contributed by atoms with Crippen molar-refractivity contribution in [2.75, 3.05) is 13.1 Å². The molecule has 5 nitrogen and oxygen atoms in total. The summed E-state index contributed by atoms with van der Waals surface area (Å²) in [6.07, 6.45) is 1.87. The zero-order valence-corrected chi connectivity index (χ0v) is 16.4. The molecule has 1 aromatic heterocycles. The first-order valence-electron chi connectivity index (χ1n) is 8.99. The molecule has 6 heteroatoms. The summed E-state index contributed by atoms with van der Waals surface area (Å²) in [4.78, 5) is 30.3. The molecular formula is C20H25N3O2S. The van der Waals surface area contributed by atoms with Gasteiger partial charge in [0.05, 0.1) is 17.2 Å². The lowest BCUT2D eigenvalue weighted by Gasteiger charge is -2.31. The van der Waals surface area contributed by atoms with Crippen LogP contribution in [0.5, 0.6) is 0 Å². The molecule has 0 bridgehead atoms. The highest BCUT2D eigenvalue weighted by Gasteiger charge is 2.26. The first-order valence-corrected chi connectivity index (χ1v) is 9.87. The van der Waals surface area contributed by atoms with E-state index in [-0.39, 0.29) is 11.8 Å². The zero-order chi connectivity index (χ0) is 18.7. The molecule has 3 rings (SSSR count). The van der Waals surface area contributed by atoms with E-state index in [9.17, 15) is 9.59 Å². The Hall–Kier alpha value is -2.21. The monoisotopic (exact) mass is 371 g/mol. The Morgan fingerprint density at radius 1 is 1.23 bits per heavy atom. The lowest BCUT2D eigenvalue weighted by Crippen LogP contribution is -2.38. The van der Waals surface area contributed by atoms with Crippen molar-refractivity contribution in [3.8, 4) is 0 Å². The number of aryl methyl sites for hydroxylation is 2. The number of hydrogen-bond acceptors (Lipinski definition) is 4. The van der Waals surface area contributed by atoms with E-state index in [1.807, 2.05) is 35.4 Å². The fourth-order valence-corrected chi connectivity index (χ4v) is 4.18. The summed E-state index contributed by atoms with van der Waals surface area (Å²) in [5.41, 5.74) is 4.05. The Morgan fingerprint density at radius 3 is 2.62 bits per heavy atom. The predicted octanol–water partition coefficient (Wildman–Crippen LogP) is 3.42. The normalized spacial score (nSPS) is 15.1. The summed E-state index contributed by atoms with van der Waals surface area (Å²) >= 11 is 1.65. The first-order chi connectivity index (χ1) is 12.4. The summed E-state index contributed by atoms with van der Waals surface area (Å²) in [5, 5.41) is 5.91. The molecule has 1 aromatic carbocycles. The Labute approximate surface area is 158 Å². The van der Waals surface area contributed by atoms with Crippen molar-refractivity contribution in [3.63, 3.8) is 0 Å². The molecule has 2 aromatic rings. The smallest absolute Gasteiger partial charge is 0.253 e. The van der Waals surface area contributed by atoms with Crippen molar-refractivity contribution < 1.29 is 9.59 Å². The van der Waals surface area contributed by atoms with Crippen LogP contribution >= 0.6 is 11.3 Å². The number of nitrogens with one attached hydrogen (secondary N) is 1. The molecule has 0 atom stereocenters. The Balaban J connectivity index is 1.57. The van der Waals surface area contributed by atoms with Gasteiger partial charge in [-0.15, -0.1) is 11.3 Å². The minimum atomic E-state index is -0.0438. The van der Waals surface area contributed by atoms with Gasteiger partial charge in [0.1, 0.15) is 0 Å². The van der Waals surface area contributed by atoms with E-state index in [4.69, 9.17) is 0 Å². The van der Waals surface area contributed by atoms with Gasteiger partial charge in [0.15, 0.2) is 0 Å². The number of amides is 2. The molecule has 0 aliphatic carbocycles. The van der Waals surface area contributed by atoms with Crippen LogP contribution in [0.15, 0.2) is 23.6 Å². The topological polar surface area (TPSA) is 62.3 Å². The van der Waals surface area contributed by atoms with Crippen LogP contribution in [-0.2, 0) is 11.3 Å². The Kier molecular flexibility index (Phi) is 5.71. The molecule has 1 saturated heterocycles. The molecule has 1 aliphatic rings. The van der Waals surface area contributed by atoms with Gasteiger partial charge < -0.3 is 10.2 Å². The Morgan fingerprint density at radius 2 is 1.96 bits per heavy atom. The predicted molar refractivity (Wildman–Crippen MR) is 103 cm³/mol. The number of hydrogen-bond donors (Lipinski definition) is 1. The minimum absolute atomic E-state index is 0.0438. The van der Waals surface area contributed by atoms with E-state index in [0.717, 1.165) is 47.8 Å². The van der Waals surface area contributed by atoms with Crippen LogP contribution in [0, 0.1) is 13.8 Å². The SMILES string of the molecule is CC(=O)NCc1csc(C2CCN(C(=O)c3ccc(C)c(C)c3)CC2)n1. The van der Waals surface area contributed by atoms with Gasteiger partial charge in [0, 0.05) is 36.9 Å². The number of rotatable bonds is 4. The number of likely N-dealkylation sites (tertiary alicyclic amines) is 1. The summed E-state index contributed by atoms with van der Waals surface area (Å²) in [7, 11) is 0. The number of piperidine rings is 1. The minimum Gasteiger partial charge on any atom is -0.351 e. The summed E-state index contributed by atoms with van der Waals surface area (Å²) < 4.78 is 0. The molecule has 2 heterocycles. The molecule has 1 fully saturated rings. The highest BCUT2D eigenvalue weighted by Crippen LogP contribution is 2.31. The van der Waals surface area contributed by atoms with Gasteiger partial charge in [0.2, 0.25) is 5.91 Å². The zero-order valence-electron chi connectivity index (χ0n) is 15.5. The molecule has 0 unspecified atom stereocenters. The van der Waals surface area contributed by atoms with Crippen LogP contribution < -0.4 is 5.32 Å². The molecule has 138 valence electrons. The quantitative estimate of drug-likeness (QED) is 0.896. The molecule has 2 amide bonds. The van der Waals surface area contributed by atoms with Crippen LogP contribution in [0.4, 0.5) is 0 Å². The maximum atomic E-state index is 12.7.